The number of allylic oxidation sites excluding steroid dienone is 7. The molecule has 17 heavy (non-hydrogen) atoms. The average molecular weight is 227 g/mol. The van der Waals surface area contributed by atoms with Gasteiger partial charge < -0.3 is 4.90 Å². The summed E-state index contributed by atoms with van der Waals surface area (Å²) in [6.45, 7) is 2.53. The summed E-state index contributed by atoms with van der Waals surface area (Å²) >= 11 is 0. The van der Waals surface area contributed by atoms with Gasteiger partial charge >= 0.3 is 0 Å². The van der Waals surface area contributed by atoms with Gasteiger partial charge in [0.1, 0.15) is 0 Å². The lowest BCUT2D eigenvalue weighted by molar-refractivity contribution is 0.385. The van der Waals surface area contributed by atoms with Crippen LogP contribution in [0, 0.1) is 11.8 Å². The molecule has 0 amide bonds. The van der Waals surface area contributed by atoms with E-state index in [1.807, 2.05) is 0 Å². The number of nitrogens with zero attached hydrogens (tertiary/aromatic N) is 1. The van der Waals surface area contributed by atoms with Crippen molar-refractivity contribution in [3.05, 3.63) is 47.6 Å². The molecule has 0 aromatic rings. The summed E-state index contributed by atoms with van der Waals surface area (Å²) in [6, 6.07) is 0. The van der Waals surface area contributed by atoms with Crippen molar-refractivity contribution in [3.63, 3.8) is 0 Å². The van der Waals surface area contributed by atoms with E-state index in [0.717, 1.165) is 11.8 Å². The summed E-state index contributed by atoms with van der Waals surface area (Å²) in [4.78, 5) is 2.50. The van der Waals surface area contributed by atoms with E-state index in [2.05, 4.69) is 48.4 Å². The number of hydrogen-bond donors (Lipinski definition) is 0. The molecule has 90 valence electrons. The molecule has 0 unspecified atom stereocenters. The molecule has 1 heterocycles. The van der Waals surface area contributed by atoms with Gasteiger partial charge in [0.2, 0.25) is 0 Å². The van der Waals surface area contributed by atoms with E-state index in [9.17, 15) is 0 Å². The van der Waals surface area contributed by atoms with Crippen molar-refractivity contribution in [2.75, 3.05) is 20.1 Å². The van der Waals surface area contributed by atoms with E-state index in [-0.39, 0.29) is 0 Å². The van der Waals surface area contributed by atoms with Crippen molar-refractivity contribution >= 4 is 0 Å². The Morgan fingerprint density at radius 3 is 2.76 bits per heavy atom. The summed E-state index contributed by atoms with van der Waals surface area (Å²) in [7, 11) is 2.26. The fourth-order valence-corrected chi connectivity index (χ4v) is 3.54. The number of fused-ring (bicyclic) bond motifs is 3. The van der Waals surface area contributed by atoms with Crippen LogP contribution in [0.25, 0.3) is 0 Å². The third-order valence-electron chi connectivity index (χ3n) is 4.32. The van der Waals surface area contributed by atoms with Crippen molar-refractivity contribution < 1.29 is 0 Å². The molecule has 1 saturated carbocycles. The first-order valence-electron chi connectivity index (χ1n) is 6.77. The predicted molar refractivity (Wildman–Crippen MR) is 72.8 cm³/mol. The average Bonchev–Trinajstić information content (AvgIpc) is 2.56. The molecule has 1 aliphatic heterocycles. The van der Waals surface area contributed by atoms with Crippen molar-refractivity contribution in [2.24, 2.45) is 11.8 Å². The molecule has 2 aliphatic carbocycles. The standard InChI is InChI=1S/C16H21N/c1-17-11-14-9-6-8-13-7-4-2-3-5-10-15(13)16(14)12-17/h2-5,7,10,14,16H,6,8-9,11-12H2,1H3/b3-2?,4-2-,5-3-,7-4?,10-5?,13-7?,15-10?/t14-,16+/m1/s1. The van der Waals surface area contributed by atoms with E-state index in [1.54, 1.807) is 11.1 Å². The largest absolute Gasteiger partial charge is 0.305 e. The Morgan fingerprint density at radius 2 is 1.88 bits per heavy atom. The Bertz CT molecular complexity index is 411. The minimum Gasteiger partial charge on any atom is -0.305 e. The molecule has 0 N–H and O–H groups in total. The zero-order chi connectivity index (χ0) is 11.7. The van der Waals surface area contributed by atoms with Gasteiger partial charge in [0.15, 0.2) is 0 Å². The third kappa shape index (κ3) is 2.16. The molecule has 0 aromatic carbocycles. The Morgan fingerprint density at radius 1 is 1.06 bits per heavy atom. The Balaban J connectivity index is 1.97. The summed E-state index contributed by atoms with van der Waals surface area (Å²) < 4.78 is 0. The molecule has 1 saturated heterocycles. The number of rotatable bonds is 0. The lowest BCUT2D eigenvalue weighted by Gasteiger charge is -2.19. The first-order chi connectivity index (χ1) is 8.34. The molecule has 0 radical (unpaired) electrons. The molecule has 0 bridgehead atoms. The third-order valence-corrected chi connectivity index (χ3v) is 4.32. The molecule has 1 heteroatoms. The summed E-state index contributed by atoms with van der Waals surface area (Å²) in [5.74, 6) is 1.65. The van der Waals surface area contributed by atoms with E-state index in [1.165, 1.54) is 32.4 Å². The number of hydrogen-bond acceptors (Lipinski definition) is 1. The quantitative estimate of drug-likeness (QED) is 0.613. The van der Waals surface area contributed by atoms with Gasteiger partial charge in [-0.2, -0.15) is 0 Å². The smallest absolute Gasteiger partial charge is 0.00506 e. The fourth-order valence-electron chi connectivity index (χ4n) is 3.54. The Labute approximate surface area is 104 Å². The van der Waals surface area contributed by atoms with Gasteiger partial charge in [-0.25, -0.2) is 0 Å². The van der Waals surface area contributed by atoms with Crippen LogP contribution in [0.1, 0.15) is 19.3 Å². The van der Waals surface area contributed by atoms with Crippen LogP contribution in [-0.4, -0.2) is 25.0 Å². The molecular formula is C16H21N. The fraction of sp³-hybridized carbons (Fsp3) is 0.500. The SMILES string of the molecule is CN1C[C@H]2CCCC3=C/C=C\C=C/C=C3[C@H]2C1. The highest BCUT2D eigenvalue weighted by atomic mass is 15.1. The minimum atomic E-state index is 0.768. The van der Waals surface area contributed by atoms with E-state index < -0.39 is 0 Å². The summed E-state index contributed by atoms with van der Waals surface area (Å²) in [5.41, 5.74) is 3.19. The van der Waals surface area contributed by atoms with Gasteiger partial charge in [-0.3, -0.25) is 0 Å². The molecule has 3 rings (SSSR count). The lowest BCUT2D eigenvalue weighted by atomic mass is 9.85. The van der Waals surface area contributed by atoms with Gasteiger partial charge in [-0.1, -0.05) is 36.5 Å². The van der Waals surface area contributed by atoms with Crippen LogP contribution in [0.2, 0.25) is 0 Å². The maximum Gasteiger partial charge on any atom is 0.00506 e. The van der Waals surface area contributed by atoms with Gasteiger partial charge in [-0.05, 0) is 43.4 Å². The normalized spacial score (nSPS) is 36.8. The highest BCUT2D eigenvalue weighted by molar-refractivity contribution is 5.42. The Hall–Kier alpha value is -1.08. The molecular weight excluding hydrogens is 206 g/mol. The van der Waals surface area contributed by atoms with E-state index in [0.29, 0.717) is 0 Å². The summed E-state index contributed by atoms with van der Waals surface area (Å²) in [6.07, 6.45) is 17.4. The monoisotopic (exact) mass is 227 g/mol. The number of likely N-dealkylation sites (tertiary alicyclic amines) is 1. The lowest BCUT2D eigenvalue weighted by Crippen LogP contribution is -2.15. The van der Waals surface area contributed by atoms with Crippen LogP contribution in [0.5, 0.6) is 0 Å². The minimum absolute atomic E-state index is 0.768. The molecule has 1 nitrogen and oxygen atoms in total. The molecule has 0 aromatic heterocycles. The maximum atomic E-state index is 2.50. The predicted octanol–water partition coefficient (Wildman–Crippen LogP) is 3.33. The maximum absolute atomic E-state index is 2.50. The topological polar surface area (TPSA) is 3.24 Å². The second-order valence-corrected chi connectivity index (χ2v) is 5.56. The molecule has 2 fully saturated rings. The van der Waals surface area contributed by atoms with Crippen molar-refractivity contribution in [3.8, 4) is 0 Å². The van der Waals surface area contributed by atoms with Crippen LogP contribution >= 0.6 is 0 Å². The van der Waals surface area contributed by atoms with Crippen molar-refractivity contribution in [2.45, 2.75) is 19.3 Å². The van der Waals surface area contributed by atoms with Crippen LogP contribution in [0.4, 0.5) is 0 Å². The van der Waals surface area contributed by atoms with Gasteiger partial charge in [0, 0.05) is 19.0 Å². The van der Waals surface area contributed by atoms with Crippen LogP contribution in [-0.2, 0) is 0 Å². The zero-order valence-electron chi connectivity index (χ0n) is 10.6. The van der Waals surface area contributed by atoms with Crippen molar-refractivity contribution in [1.29, 1.82) is 0 Å². The highest BCUT2D eigenvalue weighted by Gasteiger charge is 2.35. The van der Waals surface area contributed by atoms with E-state index >= 15 is 0 Å². The van der Waals surface area contributed by atoms with E-state index in [4.69, 9.17) is 0 Å². The first kappa shape index (κ1) is 11.0. The van der Waals surface area contributed by atoms with Crippen LogP contribution in [0.3, 0.4) is 0 Å². The van der Waals surface area contributed by atoms with Crippen LogP contribution < -0.4 is 0 Å². The molecule has 2 atom stereocenters. The Kier molecular flexibility index (Phi) is 3.02. The van der Waals surface area contributed by atoms with Gasteiger partial charge in [0.25, 0.3) is 0 Å². The second kappa shape index (κ2) is 4.66. The highest BCUT2D eigenvalue weighted by Crippen LogP contribution is 2.40. The summed E-state index contributed by atoms with van der Waals surface area (Å²) in [5, 5.41) is 0. The second-order valence-electron chi connectivity index (χ2n) is 5.56. The first-order valence-corrected chi connectivity index (χ1v) is 6.77. The molecule has 3 aliphatic rings. The van der Waals surface area contributed by atoms with Crippen molar-refractivity contribution in [1.82, 2.24) is 4.90 Å². The van der Waals surface area contributed by atoms with Gasteiger partial charge in [-0.15, -0.1) is 0 Å². The van der Waals surface area contributed by atoms with Crippen LogP contribution in [0.15, 0.2) is 47.6 Å². The zero-order valence-corrected chi connectivity index (χ0v) is 10.6. The molecule has 0 spiro atoms. The van der Waals surface area contributed by atoms with Gasteiger partial charge in [0.05, 0.1) is 0 Å².